The predicted molar refractivity (Wildman–Crippen MR) is 73.7 cm³/mol. The Morgan fingerprint density at radius 1 is 1.53 bits per heavy atom. The SMILES string of the molecule is CCOC(C(=O)c1cc2cccc(Cl)c2o1)C1CC1. The van der Waals surface area contributed by atoms with Crippen molar-refractivity contribution in [1.82, 2.24) is 0 Å². The van der Waals surface area contributed by atoms with Crippen LogP contribution in [0, 0.1) is 5.92 Å². The molecule has 1 aromatic heterocycles. The molecule has 1 atom stereocenters. The first-order valence-corrected chi connectivity index (χ1v) is 6.92. The molecule has 3 nitrogen and oxygen atoms in total. The molecule has 0 N–H and O–H groups in total. The van der Waals surface area contributed by atoms with Crippen molar-refractivity contribution in [3.8, 4) is 0 Å². The molecule has 1 unspecified atom stereocenters. The molecule has 0 aliphatic heterocycles. The smallest absolute Gasteiger partial charge is 0.226 e. The van der Waals surface area contributed by atoms with Gasteiger partial charge in [0, 0.05) is 12.0 Å². The molecule has 1 aliphatic rings. The standard InChI is InChI=1S/C15H15ClO3/c1-2-18-15(9-6-7-9)13(17)12-8-10-4-3-5-11(16)14(10)19-12/h3-5,8-9,15H,2,6-7H2,1H3. The lowest BCUT2D eigenvalue weighted by atomic mass is 10.1. The summed E-state index contributed by atoms with van der Waals surface area (Å²) in [5, 5.41) is 1.37. The highest BCUT2D eigenvalue weighted by atomic mass is 35.5. The van der Waals surface area contributed by atoms with Crippen LogP contribution in [-0.2, 0) is 4.74 Å². The van der Waals surface area contributed by atoms with E-state index in [2.05, 4.69) is 0 Å². The highest BCUT2D eigenvalue weighted by Gasteiger charge is 2.38. The van der Waals surface area contributed by atoms with Crippen LogP contribution in [-0.4, -0.2) is 18.5 Å². The van der Waals surface area contributed by atoms with Gasteiger partial charge in [0.25, 0.3) is 0 Å². The molecule has 100 valence electrons. The molecule has 1 heterocycles. The van der Waals surface area contributed by atoms with Crippen molar-refractivity contribution >= 4 is 28.4 Å². The van der Waals surface area contributed by atoms with Crippen LogP contribution >= 0.6 is 11.6 Å². The lowest BCUT2D eigenvalue weighted by Gasteiger charge is -2.13. The molecule has 4 heteroatoms. The van der Waals surface area contributed by atoms with Crippen molar-refractivity contribution < 1.29 is 13.9 Å². The number of para-hydroxylation sites is 1. The fraction of sp³-hybridized carbons (Fsp3) is 0.400. The Morgan fingerprint density at radius 2 is 2.32 bits per heavy atom. The summed E-state index contributed by atoms with van der Waals surface area (Å²) in [7, 11) is 0. The molecule has 1 aromatic carbocycles. The summed E-state index contributed by atoms with van der Waals surface area (Å²) in [6.07, 6.45) is 1.73. The Kier molecular flexibility index (Phi) is 3.33. The number of ketones is 1. The lowest BCUT2D eigenvalue weighted by molar-refractivity contribution is 0.0353. The average molecular weight is 279 g/mol. The fourth-order valence-electron chi connectivity index (χ4n) is 2.29. The minimum Gasteiger partial charge on any atom is -0.451 e. The summed E-state index contributed by atoms with van der Waals surface area (Å²) < 4.78 is 11.2. The van der Waals surface area contributed by atoms with Gasteiger partial charge in [-0.1, -0.05) is 23.7 Å². The number of Topliss-reactive ketones (excluding diaryl/α,β-unsaturated/α-hetero) is 1. The molecule has 0 spiro atoms. The third kappa shape index (κ3) is 2.40. The monoisotopic (exact) mass is 278 g/mol. The third-order valence-electron chi connectivity index (χ3n) is 3.39. The van der Waals surface area contributed by atoms with E-state index in [0.717, 1.165) is 18.2 Å². The Hall–Kier alpha value is -1.32. The van der Waals surface area contributed by atoms with Crippen LogP contribution < -0.4 is 0 Å². The zero-order chi connectivity index (χ0) is 13.4. The average Bonchev–Trinajstić information content (AvgIpc) is 3.14. The number of halogens is 1. The molecule has 2 aromatic rings. The second-order valence-corrected chi connectivity index (χ2v) is 5.25. The zero-order valence-corrected chi connectivity index (χ0v) is 11.4. The number of hydrogen-bond acceptors (Lipinski definition) is 3. The van der Waals surface area contributed by atoms with Gasteiger partial charge in [0.15, 0.2) is 11.3 Å². The molecule has 1 saturated carbocycles. The number of carbonyl (C=O) groups excluding carboxylic acids is 1. The predicted octanol–water partition coefficient (Wildman–Crippen LogP) is 4.08. The number of ether oxygens (including phenoxy) is 1. The summed E-state index contributed by atoms with van der Waals surface area (Å²) in [5.41, 5.74) is 0.568. The van der Waals surface area contributed by atoms with Gasteiger partial charge in [-0.25, -0.2) is 0 Å². The number of rotatable bonds is 5. The van der Waals surface area contributed by atoms with Crippen LogP contribution in [0.3, 0.4) is 0 Å². The van der Waals surface area contributed by atoms with E-state index in [1.54, 1.807) is 12.1 Å². The van der Waals surface area contributed by atoms with E-state index < -0.39 is 0 Å². The van der Waals surface area contributed by atoms with Crippen molar-refractivity contribution in [2.75, 3.05) is 6.61 Å². The highest BCUT2D eigenvalue weighted by Crippen LogP contribution is 2.37. The van der Waals surface area contributed by atoms with E-state index in [4.69, 9.17) is 20.8 Å². The van der Waals surface area contributed by atoms with Crippen molar-refractivity contribution in [1.29, 1.82) is 0 Å². The third-order valence-corrected chi connectivity index (χ3v) is 3.69. The summed E-state index contributed by atoms with van der Waals surface area (Å²) in [4.78, 5) is 12.4. The van der Waals surface area contributed by atoms with Crippen LogP contribution in [0.2, 0.25) is 5.02 Å². The molecule has 0 saturated heterocycles. The van der Waals surface area contributed by atoms with Crippen molar-refractivity contribution in [3.05, 3.63) is 35.0 Å². The van der Waals surface area contributed by atoms with Gasteiger partial charge in [-0.05, 0) is 37.8 Å². The fourth-order valence-corrected chi connectivity index (χ4v) is 2.51. The molecule has 3 rings (SSSR count). The van der Waals surface area contributed by atoms with Crippen molar-refractivity contribution in [2.24, 2.45) is 5.92 Å². The van der Waals surface area contributed by atoms with Gasteiger partial charge in [0.1, 0.15) is 6.10 Å². The van der Waals surface area contributed by atoms with Gasteiger partial charge in [-0.3, -0.25) is 4.79 Å². The maximum atomic E-state index is 12.4. The van der Waals surface area contributed by atoms with E-state index in [-0.39, 0.29) is 11.9 Å². The van der Waals surface area contributed by atoms with Gasteiger partial charge in [-0.15, -0.1) is 0 Å². The van der Waals surface area contributed by atoms with Gasteiger partial charge >= 0.3 is 0 Å². The molecular formula is C15H15ClO3. The lowest BCUT2D eigenvalue weighted by Crippen LogP contribution is -2.26. The van der Waals surface area contributed by atoms with E-state index >= 15 is 0 Å². The first kappa shape index (κ1) is 12.7. The number of benzene rings is 1. The zero-order valence-electron chi connectivity index (χ0n) is 10.7. The molecular weight excluding hydrogens is 264 g/mol. The number of carbonyl (C=O) groups is 1. The van der Waals surface area contributed by atoms with Crippen LogP contribution in [0.5, 0.6) is 0 Å². The first-order chi connectivity index (χ1) is 9.20. The maximum absolute atomic E-state index is 12.4. The van der Waals surface area contributed by atoms with Gasteiger partial charge in [0.2, 0.25) is 5.78 Å². The summed E-state index contributed by atoms with van der Waals surface area (Å²) in [5.74, 6) is 0.612. The molecule has 0 bridgehead atoms. The van der Waals surface area contributed by atoms with Crippen molar-refractivity contribution in [2.45, 2.75) is 25.9 Å². The summed E-state index contributed by atoms with van der Waals surface area (Å²) >= 11 is 6.05. The normalized spacial score (nSPS) is 16.7. The number of fused-ring (bicyclic) bond motifs is 1. The van der Waals surface area contributed by atoms with E-state index in [1.165, 1.54) is 0 Å². The Bertz CT molecular complexity index is 613. The molecule has 0 radical (unpaired) electrons. The Balaban J connectivity index is 1.94. The Labute approximate surface area is 116 Å². The second-order valence-electron chi connectivity index (χ2n) is 4.85. The number of furan rings is 1. The molecule has 0 amide bonds. The summed E-state index contributed by atoms with van der Waals surface area (Å²) in [6.45, 7) is 2.44. The number of hydrogen-bond donors (Lipinski definition) is 0. The largest absolute Gasteiger partial charge is 0.451 e. The molecule has 1 aliphatic carbocycles. The summed E-state index contributed by atoms with van der Waals surface area (Å²) in [6, 6.07) is 7.23. The minimum absolute atomic E-state index is 0.0726. The van der Waals surface area contributed by atoms with Gasteiger partial charge in [0.05, 0.1) is 5.02 Å². The van der Waals surface area contributed by atoms with Crippen LogP contribution in [0.1, 0.15) is 30.3 Å². The van der Waals surface area contributed by atoms with E-state index in [0.29, 0.717) is 28.9 Å². The maximum Gasteiger partial charge on any atom is 0.226 e. The van der Waals surface area contributed by atoms with Gasteiger partial charge in [-0.2, -0.15) is 0 Å². The first-order valence-electron chi connectivity index (χ1n) is 6.54. The second kappa shape index (κ2) is 4.99. The highest BCUT2D eigenvalue weighted by molar-refractivity contribution is 6.34. The van der Waals surface area contributed by atoms with Crippen molar-refractivity contribution in [3.63, 3.8) is 0 Å². The molecule has 1 fully saturated rings. The van der Waals surface area contributed by atoms with Gasteiger partial charge < -0.3 is 9.15 Å². The Morgan fingerprint density at radius 3 is 2.95 bits per heavy atom. The van der Waals surface area contributed by atoms with E-state index in [9.17, 15) is 4.79 Å². The molecule has 19 heavy (non-hydrogen) atoms. The topological polar surface area (TPSA) is 39.4 Å². The van der Waals surface area contributed by atoms with Crippen LogP contribution in [0.25, 0.3) is 11.0 Å². The van der Waals surface area contributed by atoms with Crippen LogP contribution in [0.4, 0.5) is 0 Å². The quantitative estimate of drug-likeness (QED) is 0.774. The minimum atomic E-state index is -0.371. The van der Waals surface area contributed by atoms with E-state index in [1.807, 2.05) is 19.1 Å². The van der Waals surface area contributed by atoms with Crippen LogP contribution in [0.15, 0.2) is 28.7 Å².